The van der Waals surface area contributed by atoms with Gasteiger partial charge in [0, 0.05) is 17.0 Å². The number of benzene rings is 3. The van der Waals surface area contributed by atoms with Crippen molar-refractivity contribution in [1.29, 1.82) is 0 Å². The van der Waals surface area contributed by atoms with Gasteiger partial charge in [-0.15, -0.1) is 6.58 Å². The lowest BCUT2D eigenvalue weighted by atomic mass is 9.94. The Labute approximate surface area is 208 Å². The van der Waals surface area contributed by atoms with E-state index < -0.39 is 29.2 Å². The highest BCUT2D eigenvalue weighted by Gasteiger charge is 2.27. The zero-order valence-corrected chi connectivity index (χ0v) is 20.0. The van der Waals surface area contributed by atoms with Gasteiger partial charge in [0.15, 0.2) is 29.5 Å². The minimum atomic E-state index is -1.08. The third-order valence-electron chi connectivity index (χ3n) is 6.18. The van der Waals surface area contributed by atoms with Crippen molar-refractivity contribution in [1.82, 2.24) is 0 Å². The van der Waals surface area contributed by atoms with Crippen molar-refractivity contribution >= 4 is 0 Å². The maximum absolute atomic E-state index is 15.0. The van der Waals surface area contributed by atoms with Crippen LogP contribution < -0.4 is 4.74 Å². The lowest BCUT2D eigenvalue weighted by Gasteiger charge is -2.29. The van der Waals surface area contributed by atoms with Crippen molar-refractivity contribution in [3.05, 3.63) is 90.0 Å². The van der Waals surface area contributed by atoms with E-state index in [1.165, 1.54) is 30.3 Å². The quantitative estimate of drug-likeness (QED) is 0.171. The number of hydrogen-bond acceptors (Lipinski definition) is 3. The monoisotopic (exact) mass is 500 g/mol. The van der Waals surface area contributed by atoms with E-state index in [0.29, 0.717) is 17.5 Å². The maximum atomic E-state index is 15.0. The largest absolute Gasteiger partial charge is 0.490 e. The summed E-state index contributed by atoms with van der Waals surface area (Å²) in [6.07, 6.45) is 3.47. The zero-order valence-electron chi connectivity index (χ0n) is 20.0. The van der Waals surface area contributed by atoms with Crippen molar-refractivity contribution in [2.75, 3.05) is 19.8 Å². The summed E-state index contributed by atoms with van der Waals surface area (Å²) < 4.78 is 75.6. The molecule has 1 saturated heterocycles. The molecule has 1 aliphatic heterocycles. The van der Waals surface area contributed by atoms with Gasteiger partial charge in [-0.3, -0.25) is 0 Å². The number of ether oxygens (including phenoxy) is 3. The van der Waals surface area contributed by atoms with Gasteiger partial charge in [0.1, 0.15) is 0 Å². The van der Waals surface area contributed by atoms with E-state index in [-0.39, 0.29) is 48.6 Å². The van der Waals surface area contributed by atoms with Gasteiger partial charge >= 0.3 is 0 Å². The predicted molar refractivity (Wildman–Crippen MR) is 131 cm³/mol. The van der Waals surface area contributed by atoms with Crippen LogP contribution in [-0.4, -0.2) is 26.1 Å². The van der Waals surface area contributed by atoms with E-state index in [1.807, 2.05) is 6.92 Å². The van der Waals surface area contributed by atoms with Gasteiger partial charge < -0.3 is 14.2 Å². The highest BCUT2D eigenvalue weighted by Crippen LogP contribution is 2.34. The van der Waals surface area contributed by atoms with E-state index in [2.05, 4.69) is 6.58 Å². The first-order valence-electron chi connectivity index (χ1n) is 12.0. The highest BCUT2D eigenvalue weighted by atomic mass is 19.2. The maximum Gasteiger partial charge on any atom is 0.201 e. The smallest absolute Gasteiger partial charge is 0.201 e. The molecule has 36 heavy (non-hydrogen) atoms. The number of halogens is 4. The molecule has 3 aromatic carbocycles. The zero-order chi connectivity index (χ0) is 25.7. The van der Waals surface area contributed by atoms with Crippen LogP contribution in [0, 0.1) is 23.3 Å². The van der Waals surface area contributed by atoms with Crippen LogP contribution in [0.5, 0.6) is 5.75 Å². The van der Waals surface area contributed by atoms with Crippen molar-refractivity contribution in [2.45, 2.75) is 38.4 Å². The molecular formula is C29H28F4O3. The lowest BCUT2D eigenvalue weighted by molar-refractivity contribution is -0.190. The summed E-state index contributed by atoms with van der Waals surface area (Å²) in [5, 5.41) is 0. The molecule has 3 aromatic rings. The predicted octanol–water partition coefficient (Wildman–Crippen LogP) is 7.79. The molecule has 0 amide bonds. The van der Waals surface area contributed by atoms with Gasteiger partial charge in [-0.2, -0.15) is 4.39 Å². The van der Waals surface area contributed by atoms with Crippen LogP contribution in [0.15, 0.2) is 61.2 Å². The second-order valence-electron chi connectivity index (χ2n) is 8.65. The molecule has 0 N–H and O–H groups in total. The molecule has 0 aliphatic carbocycles. The Hall–Kier alpha value is -3.16. The van der Waals surface area contributed by atoms with Crippen molar-refractivity contribution in [3.8, 4) is 28.0 Å². The fourth-order valence-corrected chi connectivity index (χ4v) is 4.18. The van der Waals surface area contributed by atoms with E-state index in [4.69, 9.17) is 14.2 Å². The van der Waals surface area contributed by atoms with E-state index in [0.717, 1.165) is 12.8 Å². The SMILES string of the molecule is C=CCCOc1ccc(-c2ccc(-c3ccc(C4COC(CCC)OC4)c(F)c3F)cc2)c(F)c1F. The molecule has 4 rings (SSSR count). The Morgan fingerprint density at radius 3 is 2.00 bits per heavy atom. The first-order chi connectivity index (χ1) is 17.4. The molecule has 7 heteroatoms. The number of hydrogen-bond donors (Lipinski definition) is 0. The minimum Gasteiger partial charge on any atom is -0.490 e. The molecule has 0 bridgehead atoms. The van der Waals surface area contributed by atoms with E-state index in [1.54, 1.807) is 24.3 Å². The average molecular weight is 501 g/mol. The number of rotatable bonds is 9. The molecule has 1 heterocycles. The van der Waals surface area contributed by atoms with Gasteiger partial charge in [0.25, 0.3) is 0 Å². The van der Waals surface area contributed by atoms with Gasteiger partial charge in [-0.1, -0.05) is 55.8 Å². The van der Waals surface area contributed by atoms with Crippen LogP contribution >= 0.6 is 0 Å². The second-order valence-corrected chi connectivity index (χ2v) is 8.65. The Morgan fingerprint density at radius 1 is 0.833 bits per heavy atom. The summed E-state index contributed by atoms with van der Waals surface area (Å²) in [6.45, 7) is 6.28. The molecule has 0 spiro atoms. The summed E-state index contributed by atoms with van der Waals surface area (Å²) in [7, 11) is 0. The molecule has 0 atom stereocenters. The van der Waals surface area contributed by atoms with Gasteiger partial charge in [0.05, 0.1) is 19.8 Å². The first kappa shape index (κ1) is 25.9. The third-order valence-corrected chi connectivity index (χ3v) is 6.18. The molecule has 0 unspecified atom stereocenters. The average Bonchev–Trinajstić information content (AvgIpc) is 2.89. The molecular weight excluding hydrogens is 472 g/mol. The lowest BCUT2D eigenvalue weighted by Crippen LogP contribution is -2.31. The Balaban J connectivity index is 1.52. The summed E-state index contributed by atoms with van der Waals surface area (Å²) >= 11 is 0. The first-order valence-corrected chi connectivity index (χ1v) is 12.0. The summed E-state index contributed by atoms with van der Waals surface area (Å²) in [6, 6.07) is 12.0. The summed E-state index contributed by atoms with van der Waals surface area (Å²) in [5.41, 5.74) is 1.11. The Bertz CT molecular complexity index is 1200. The normalized spacial score (nSPS) is 17.7. The van der Waals surface area contributed by atoms with Gasteiger partial charge in [0.2, 0.25) is 5.82 Å². The van der Waals surface area contributed by atoms with Crippen LogP contribution in [-0.2, 0) is 9.47 Å². The van der Waals surface area contributed by atoms with Gasteiger partial charge in [-0.05, 0) is 41.7 Å². The van der Waals surface area contributed by atoms with Crippen LogP contribution in [0.3, 0.4) is 0 Å². The molecule has 0 aromatic heterocycles. The molecule has 3 nitrogen and oxygen atoms in total. The topological polar surface area (TPSA) is 27.7 Å². The highest BCUT2D eigenvalue weighted by molar-refractivity contribution is 5.72. The molecule has 0 radical (unpaired) electrons. The fraction of sp³-hybridized carbons (Fsp3) is 0.310. The summed E-state index contributed by atoms with van der Waals surface area (Å²) in [4.78, 5) is 0. The molecule has 1 fully saturated rings. The van der Waals surface area contributed by atoms with Gasteiger partial charge in [-0.25, -0.2) is 13.2 Å². The van der Waals surface area contributed by atoms with E-state index in [9.17, 15) is 13.2 Å². The van der Waals surface area contributed by atoms with Crippen LogP contribution in [0.4, 0.5) is 17.6 Å². The Kier molecular flexibility index (Phi) is 8.44. The van der Waals surface area contributed by atoms with Crippen molar-refractivity contribution in [2.24, 2.45) is 0 Å². The second kappa shape index (κ2) is 11.7. The van der Waals surface area contributed by atoms with E-state index >= 15 is 4.39 Å². The minimum absolute atomic E-state index is 0.0378. The third kappa shape index (κ3) is 5.47. The van der Waals surface area contributed by atoms with Crippen LogP contribution in [0.2, 0.25) is 0 Å². The fourth-order valence-electron chi connectivity index (χ4n) is 4.18. The molecule has 190 valence electrons. The Morgan fingerprint density at radius 2 is 1.42 bits per heavy atom. The van der Waals surface area contributed by atoms with Crippen LogP contribution in [0.25, 0.3) is 22.3 Å². The molecule has 0 saturated carbocycles. The molecule has 1 aliphatic rings. The van der Waals surface area contributed by atoms with Crippen LogP contribution in [0.1, 0.15) is 37.7 Å². The standard InChI is InChI=1S/C29H28F4O3/c1-3-5-15-34-24-14-13-22(28(32)29(24)33)19-9-7-18(8-10-19)21-11-12-23(27(31)26(21)30)20-16-35-25(6-4-2)36-17-20/h3,7-14,20,25H,1,4-6,15-17H2,2H3. The summed E-state index contributed by atoms with van der Waals surface area (Å²) in [5.74, 6) is -4.62. The van der Waals surface area contributed by atoms with Crippen molar-refractivity contribution < 1.29 is 31.8 Å². The van der Waals surface area contributed by atoms with Crippen molar-refractivity contribution in [3.63, 3.8) is 0 Å².